The largest absolute Gasteiger partial charge is 0.383 e. The molecule has 1 aliphatic heterocycles. The van der Waals surface area contributed by atoms with Crippen molar-refractivity contribution in [3.05, 3.63) is 0 Å². The van der Waals surface area contributed by atoms with Crippen LogP contribution in [0, 0.1) is 5.92 Å². The van der Waals surface area contributed by atoms with Crippen molar-refractivity contribution in [1.82, 2.24) is 10.2 Å². The van der Waals surface area contributed by atoms with Crippen LogP contribution in [0.3, 0.4) is 0 Å². The summed E-state index contributed by atoms with van der Waals surface area (Å²) < 4.78 is 4.92. The van der Waals surface area contributed by atoms with E-state index in [-0.39, 0.29) is 42.6 Å². The second kappa shape index (κ2) is 8.29. The zero-order chi connectivity index (χ0) is 12.8. The van der Waals surface area contributed by atoms with Gasteiger partial charge in [0.05, 0.1) is 12.5 Å². The van der Waals surface area contributed by atoms with E-state index in [9.17, 15) is 9.59 Å². The maximum atomic E-state index is 11.8. The summed E-state index contributed by atoms with van der Waals surface area (Å²) in [6.07, 6.45) is 0.285. The maximum Gasteiger partial charge on any atom is 0.225 e. The van der Waals surface area contributed by atoms with Crippen LogP contribution in [-0.2, 0) is 14.3 Å². The number of likely N-dealkylation sites (tertiary alicyclic amines) is 1. The van der Waals surface area contributed by atoms with E-state index < -0.39 is 0 Å². The monoisotopic (exact) mass is 279 g/mol. The molecule has 0 bridgehead atoms. The Bertz CT molecular complexity index is 289. The molecule has 1 heterocycles. The van der Waals surface area contributed by atoms with E-state index in [0.717, 1.165) is 0 Å². The van der Waals surface area contributed by atoms with Crippen molar-refractivity contribution in [1.29, 1.82) is 0 Å². The zero-order valence-corrected chi connectivity index (χ0v) is 11.7. The molecule has 0 aromatic rings. The summed E-state index contributed by atoms with van der Waals surface area (Å²) in [5.41, 5.74) is 5.43. The normalized spacial score (nSPS) is 20.5. The number of rotatable bonds is 6. The van der Waals surface area contributed by atoms with Crippen LogP contribution in [0.25, 0.3) is 0 Å². The van der Waals surface area contributed by atoms with E-state index >= 15 is 0 Å². The van der Waals surface area contributed by atoms with Gasteiger partial charge >= 0.3 is 0 Å². The molecule has 2 amide bonds. The first-order valence-corrected chi connectivity index (χ1v) is 5.85. The van der Waals surface area contributed by atoms with Crippen LogP contribution in [-0.4, -0.2) is 56.1 Å². The van der Waals surface area contributed by atoms with Crippen LogP contribution in [0.4, 0.5) is 0 Å². The van der Waals surface area contributed by atoms with Crippen molar-refractivity contribution in [3.63, 3.8) is 0 Å². The molecule has 1 fully saturated rings. The fraction of sp³-hybridized carbons (Fsp3) is 0.818. The number of nitrogens with one attached hydrogen (secondary N) is 1. The smallest absolute Gasteiger partial charge is 0.225 e. The van der Waals surface area contributed by atoms with Crippen molar-refractivity contribution in [3.8, 4) is 0 Å². The molecule has 6 nitrogen and oxygen atoms in total. The van der Waals surface area contributed by atoms with Gasteiger partial charge in [0.25, 0.3) is 0 Å². The molecule has 1 aliphatic rings. The van der Waals surface area contributed by atoms with Crippen LogP contribution >= 0.6 is 12.4 Å². The predicted octanol–water partition coefficient (Wildman–Crippen LogP) is -0.633. The van der Waals surface area contributed by atoms with E-state index in [1.54, 1.807) is 12.0 Å². The number of hydrogen-bond acceptors (Lipinski definition) is 4. The minimum atomic E-state index is -0.256. The van der Waals surface area contributed by atoms with E-state index in [2.05, 4.69) is 5.32 Å². The number of carbonyl (C=O) groups excluding carboxylic acids is 2. The Morgan fingerprint density at radius 2 is 2.33 bits per heavy atom. The fourth-order valence-electron chi connectivity index (χ4n) is 1.78. The van der Waals surface area contributed by atoms with Crippen molar-refractivity contribution in [2.24, 2.45) is 11.7 Å². The molecule has 0 aliphatic carbocycles. The van der Waals surface area contributed by atoms with E-state index in [4.69, 9.17) is 10.5 Å². The molecule has 106 valence electrons. The van der Waals surface area contributed by atoms with Crippen LogP contribution < -0.4 is 11.1 Å². The number of nitrogens with two attached hydrogens (primary N) is 1. The highest BCUT2D eigenvalue weighted by Gasteiger charge is 2.34. The maximum absolute atomic E-state index is 11.8. The van der Waals surface area contributed by atoms with Gasteiger partial charge in [0.2, 0.25) is 11.8 Å². The Morgan fingerprint density at radius 1 is 1.67 bits per heavy atom. The number of nitrogens with zero attached hydrogens (tertiary/aromatic N) is 1. The number of ether oxygens (including phenoxy) is 1. The van der Waals surface area contributed by atoms with Gasteiger partial charge in [0.1, 0.15) is 0 Å². The topological polar surface area (TPSA) is 84.7 Å². The average Bonchev–Trinajstić information content (AvgIpc) is 2.68. The van der Waals surface area contributed by atoms with Crippen LogP contribution in [0.15, 0.2) is 0 Å². The Labute approximate surface area is 114 Å². The van der Waals surface area contributed by atoms with Crippen LogP contribution in [0.2, 0.25) is 0 Å². The van der Waals surface area contributed by atoms with Crippen LogP contribution in [0.1, 0.15) is 13.3 Å². The molecule has 0 radical (unpaired) electrons. The molecular formula is C11H22ClN3O3. The van der Waals surface area contributed by atoms with Gasteiger partial charge in [0, 0.05) is 39.2 Å². The highest BCUT2D eigenvalue weighted by atomic mass is 35.5. The molecule has 0 aromatic heterocycles. The lowest BCUT2D eigenvalue weighted by atomic mass is 10.1. The van der Waals surface area contributed by atoms with Gasteiger partial charge < -0.3 is 20.7 Å². The minimum absolute atomic E-state index is 0. The molecule has 0 aromatic carbocycles. The van der Waals surface area contributed by atoms with Crippen molar-refractivity contribution in [2.45, 2.75) is 19.4 Å². The summed E-state index contributed by atoms with van der Waals surface area (Å²) in [4.78, 5) is 25.1. The first-order chi connectivity index (χ1) is 8.08. The Balaban J connectivity index is 0.00000289. The van der Waals surface area contributed by atoms with Gasteiger partial charge in [-0.1, -0.05) is 0 Å². The summed E-state index contributed by atoms with van der Waals surface area (Å²) in [5, 5.41) is 2.79. The minimum Gasteiger partial charge on any atom is -0.383 e. The lowest BCUT2D eigenvalue weighted by Gasteiger charge is -2.17. The van der Waals surface area contributed by atoms with E-state index in [1.807, 2.05) is 6.92 Å². The Hall–Kier alpha value is -0.850. The molecule has 1 rings (SSSR count). The number of halogens is 1. The second-order valence-electron chi connectivity index (χ2n) is 4.38. The molecular weight excluding hydrogens is 258 g/mol. The third kappa shape index (κ3) is 4.80. The quantitative estimate of drug-likeness (QED) is 0.678. The molecule has 0 saturated carbocycles. The first kappa shape index (κ1) is 17.2. The number of carbonyl (C=O) groups is 2. The van der Waals surface area contributed by atoms with Crippen molar-refractivity contribution < 1.29 is 14.3 Å². The molecule has 2 atom stereocenters. The SMILES string of the molecule is COCCN1CC(C(=O)N[C@@H](C)CN)CC1=O.Cl. The van der Waals surface area contributed by atoms with Gasteiger partial charge in [-0.15, -0.1) is 12.4 Å². The average molecular weight is 280 g/mol. The molecule has 3 N–H and O–H groups in total. The predicted molar refractivity (Wildman–Crippen MR) is 70.5 cm³/mol. The molecule has 1 saturated heterocycles. The van der Waals surface area contributed by atoms with E-state index in [0.29, 0.717) is 26.2 Å². The van der Waals surface area contributed by atoms with Gasteiger partial charge in [-0.3, -0.25) is 9.59 Å². The summed E-state index contributed by atoms with van der Waals surface area (Å²) in [6.45, 7) is 3.77. The summed E-state index contributed by atoms with van der Waals surface area (Å²) in [5.74, 6) is -0.327. The summed E-state index contributed by atoms with van der Waals surface area (Å²) in [6, 6.07) is -0.0503. The number of methoxy groups -OCH3 is 1. The Kier molecular flexibility index (Phi) is 7.90. The van der Waals surface area contributed by atoms with Crippen molar-refractivity contribution in [2.75, 3.05) is 33.4 Å². The fourth-order valence-corrected chi connectivity index (χ4v) is 1.78. The standard InChI is InChI=1S/C11H21N3O3.ClH/c1-8(6-12)13-11(16)9-5-10(15)14(7-9)3-4-17-2;/h8-9H,3-7,12H2,1-2H3,(H,13,16);1H/t8-,9?;/m0./s1. The molecule has 0 spiro atoms. The highest BCUT2D eigenvalue weighted by Crippen LogP contribution is 2.17. The summed E-state index contributed by atoms with van der Waals surface area (Å²) >= 11 is 0. The number of amides is 2. The Morgan fingerprint density at radius 3 is 2.89 bits per heavy atom. The molecule has 7 heteroatoms. The summed E-state index contributed by atoms with van der Waals surface area (Å²) in [7, 11) is 1.59. The highest BCUT2D eigenvalue weighted by molar-refractivity contribution is 5.89. The third-order valence-corrected chi connectivity index (χ3v) is 2.89. The zero-order valence-electron chi connectivity index (χ0n) is 10.8. The first-order valence-electron chi connectivity index (χ1n) is 5.85. The molecule has 18 heavy (non-hydrogen) atoms. The number of hydrogen-bond donors (Lipinski definition) is 2. The lowest BCUT2D eigenvalue weighted by molar-refractivity contribution is -0.129. The van der Waals surface area contributed by atoms with Crippen LogP contribution in [0.5, 0.6) is 0 Å². The van der Waals surface area contributed by atoms with Gasteiger partial charge in [-0.05, 0) is 6.92 Å². The van der Waals surface area contributed by atoms with Gasteiger partial charge in [-0.25, -0.2) is 0 Å². The lowest BCUT2D eigenvalue weighted by Crippen LogP contribution is -2.42. The third-order valence-electron chi connectivity index (χ3n) is 2.89. The van der Waals surface area contributed by atoms with Gasteiger partial charge in [0.15, 0.2) is 0 Å². The van der Waals surface area contributed by atoms with Crippen molar-refractivity contribution >= 4 is 24.2 Å². The van der Waals surface area contributed by atoms with E-state index in [1.165, 1.54) is 0 Å². The second-order valence-corrected chi connectivity index (χ2v) is 4.38. The van der Waals surface area contributed by atoms with Gasteiger partial charge in [-0.2, -0.15) is 0 Å². The molecule has 1 unspecified atom stereocenters.